The van der Waals surface area contributed by atoms with Crippen LogP contribution in [-0.4, -0.2) is 12.5 Å². The van der Waals surface area contributed by atoms with Gasteiger partial charge in [-0.05, 0) is 79.9 Å². The molecule has 8 heteroatoms. The first-order valence-electron chi connectivity index (χ1n) is 10.7. The van der Waals surface area contributed by atoms with Crippen LogP contribution in [0.25, 0.3) is 6.08 Å². The fourth-order valence-corrected chi connectivity index (χ4v) is 3.93. The smallest absolute Gasteiger partial charge is 0.266 e. The van der Waals surface area contributed by atoms with Gasteiger partial charge in [-0.2, -0.15) is 5.26 Å². The quantitative estimate of drug-likeness (QED) is 0.239. The number of rotatable bonds is 8. The molecule has 0 bridgehead atoms. The van der Waals surface area contributed by atoms with E-state index in [2.05, 4.69) is 5.32 Å². The molecule has 1 N–H and O–H groups in total. The molecule has 0 atom stereocenters. The maximum Gasteiger partial charge on any atom is 0.266 e. The Bertz CT molecular complexity index is 1330. The van der Waals surface area contributed by atoms with E-state index in [1.165, 1.54) is 6.08 Å². The average Bonchev–Trinajstić information content (AvgIpc) is 2.80. The van der Waals surface area contributed by atoms with Crippen molar-refractivity contribution in [3.8, 4) is 17.6 Å². The number of benzene rings is 3. The molecule has 3 aromatic carbocycles. The Labute approximate surface area is 219 Å². The topological polar surface area (TPSA) is 71.3 Å². The number of ether oxygens (including phenoxy) is 2. The minimum Gasteiger partial charge on any atom is -0.490 e. The molecule has 0 heterocycles. The van der Waals surface area contributed by atoms with Crippen LogP contribution in [0.2, 0.25) is 15.1 Å². The molecule has 3 rings (SSSR count). The van der Waals surface area contributed by atoms with E-state index in [0.29, 0.717) is 39.4 Å². The van der Waals surface area contributed by atoms with Crippen molar-refractivity contribution in [1.82, 2.24) is 0 Å². The van der Waals surface area contributed by atoms with Gasteiger partial charge in [0.25, 0.3) is 5.91 Å². The highest BCUT2D eigenvalue weighted by Gasteiger charge is 2.16. The van der Waals surface area contributed by atoms with Crippen LogP contribution >= 0.6 is 34.8 Å². The van der Waals surface area contributed by atoms with Crippen LogP contribution in [0.1, 0.15) is 29.2 Å². The van der Waals surface area contributed by atoms with Gasteiger partial charge in [-0.15, -0.1) is 0 Å². The van der Waals surface area contributed by atoms with E-state index < -0.39 is 5.91 Å². The van der Waals surface area contributed by atoms with Crippen molar-refractivity contribution in [1.29, 1.82) is 5.26 Å². The predicted molar refractivity (Wildman–Crippen MR) is 142 cm³/mol. The molecule has 0 unspecified atom stereocenters. The van der Waals surface area contributed by atoms with E-state index in [1.54, 1.807) is 36.4 Å². The van der Waals surface area contributed by atoms with Crippen LogP contribution < -0.4 is 14.8 Å². The summed E-state index contributed by atoms with van der Waals surface area (Å²) in [6, 6.07) is 15.9. The van der Waals surface area contributed by atoms with Gasteiger partial charge in [-0.25, -0.2) is 0 Å². The fourth-order valence-electron chi connectivity index (χ4n) is 3.20. The van der Waals surface area contributed by atoms with Crippen molar-refractivity contribution in [2.75, 3.05) is 11.9 Å². The summed E-state index contributed by atoms with van der Waals surface area (Å²) in [6.45, 7) is 6.27. The van der Waals surface area contributed by atoms with Crippen LogP contribution in [0.5, 0.6) is 11.5 Å². The van der Waals surface area contributed by atoms with Gasteiger partial charge in [0.1, 0.15) is 18.2 Å². The zero-order chi connectivity index (χ0) is 25.5. The number of hydrogen-bond acceptors (Lipinski definition) is 4. The van der Waals surface area contributed by atoms with Crippen LogP contribution in [-0.2, 0) is 11.4 Å². The third kappa shape index (κ3) is 6.93. The number of nitrogens with zero attached hydrogens (tertiary/aromatic N) is 1. The Kier molecular flexibility index (Phi) is 9.06. The number of hydrogen-bond donors (Lipinski definition) is 1. The van der Waals surface area contributed by atoms with E-state index >= 15 is 0 Å². The zero-order valence-corrected chi connectivity index (χ0v) is 21.7. The molecular weight excluding hydrogens is 507 g/mol. The van der Waals surface area contributed by atoms with E-state index in [-0.39, 0.29) is 17.2 Å². The second kappa shape index (κ2) is 12.0. The van der Waals surface area contributed by atoms with E-state index in [9.17, 15) is 10.1 Å². The van der Waals surface area contributed by atoms with Crippen LogP contribution in [0.3, 0.4) is 0 Å². The Balaban J connectivity index is 1.85. The predicted octanol–water partition coefficient (Wildman–Crippen LogP) is 7.79. The third-order valence-corrected chi connectivity index (χ3v) is 6.03. The molecule has 0 saturated heterocycles. The number of aryl methyl sites for hydroxylation is 2. The van der Waals surface area contributed by atoms with E-state index in [0.717, 1.165) is 16.7 Å². The molecule has 0 aliphatic carbocycles. The van der Waals surface area contributed by atoms with Crippen LogP contribution in [0.4, 0.5) is 5.69 Å². The van der Waals surface area contributed by atoms with E-state index in [1.807, 2.05) is 39.0 Å². The summed E-state index contributed by atoms with van der Waals surface area (Å²) in [4.78, 5) is 12.7. The minimum absolute atomic E-state index is 0.0802. The van der Waals surface area contributed by atoms with Gasteiger partial charge in [0.2, 0.25) is 0 Å². The highest BCUT2D eigenvalue weighted by atomic mass is 35.5. The van der Waals surface area contributed by atoms with Crippen LogP contribution in [0, 0.1) is 25.2 Å². The second-order valence-electron chi connectivity index (χ2n) is 7.71. The molecule has 0 aliphatic heterocycles. The summed E-state index contributed by atoms with van der Waals surface area (Å²) in [5, 5.41) is 13.6. The normalized spacial score (nSPS) is 11.1. The number of nitriles is 1. The van der Waals surface area contributed by atoms with Crippen molar-refractivity contribution in [2.24, 2.45) is 0 Å². The molecular formula is C27H23Cl3N2O3. The Morgan fingerprint density at radius 3 is 2.43 bits per heavy atom. The molecule has 0 radical (unpaired) electrons. The second-order valence-corrected chi connectivity index (χ2v) is 8.96. The first-order chi connectivity index (χ1) is 16.7. The Morgan fingerprint density at radius 2 is 1.77 bits per heavy atom. The number of carbonyl (C=O) groups is 1. The number of carbonyl (C=O) groups excluding carboxylic acids is 1. The molecule has 3 aromatic rings. The first kappa shape index (κ1) is 26.4. The highest BCUT2D eigenvalue weighted by Crippen LogP contribution is 2.38. The van der Waals surface area contributed by atoms with Gasteiger partial charge in [0.15, 0.2) is 11.5 Å². The summed E-state index contributed by atoms with van der Waals surface area (Å²) in [6.07, 6.45) is 1.45. The van der Waals surface area contributed by atoms with Gasteiger partial charge in [-0.1, -0.05) is 46.9 Å². The average molecular weight is 530 g/mol. The van der Waals surface area contributed by atoms with Crippen molar-refractivity contribution >= 4 is 52.5 Å². The minimum atomic E-state index is -0.525. The van der Waals surface area contributed by atoms with E-state index in [4.69, 9.17) is 44.3 Å². The first-order valence-corrected chi connectivity index (χ1v) is 11.9. The molecule has 5 nitrogen and oxygen atoms in total. The standard InChI is InChI=1S/C27H23Cl3N2O3/c1-4-34-25-12-18(10-20(14-31)27(33)32-22-8-5-16(2)17(3)9-22)11-24(30)26(25)35-15-19-6-7-21(28)13-23(19)29/h5-13H,4,15H2,1-3H3,(H,32,33)/b20-10+. The molecule has 0 spiro atoms. The van der Waals surface area contributed by atoms with Crippen molar-refractivity contribution in [2.45, 2.75) is 27.4 Å². The molecule has 1 amide bonds. The van der Waals surface area contributed by atoms with Gasteiger partial charge in [0.05, 0.1) is 11.6 Å². The zero-order valence-electron chi connectivity index (χ0n) is 19.4. The summed E-state index contributed by atoms with van der Waals surface area (Å²) in [5.74, 6) is 0.181. The molecule has 0 aromatic heterocycles. The van der Waals surface area contributed by atoms with Crippen molar-refractivity contribution in [3.63, 3.8) is 0 Å². The summed E-state index contributed by atoms with van der Waals surface area (Å²) in [5.41, 5.74) is 3.92. The molecule has 35 heavy (non-hydrogen) atoms. The van der Waals surface area contributed by atoms with Gasteiger partial charge < -0.3 is 14.8 Å². The largest absolute Gasteiger partial charge is 0.490 e. The lowest BCUT2D eigenvalue weighted by Gasteiger charge is -2.15. The van der Waals surface area contributed by atoms with Crippen molar-refractivity contribution < 1.29 is 14.3 Å². The Hall–Kier alpha value is -3.17. The number of anilines is 1. The fraction of sp³-hybridized carbons (Fsp3) is 0.185. The molecule has 0 fully saturated rings. The number of nitrogens with one attached hydrogen (secondary N) is 1. The van der Waals surface area contributed by atoms with Gasteiger partial charge in [0, 0.05) is 21.3 Å². The lowest BCUT2D eigenvalue weighted by atomic mass is 10.1. The Morgan fingerprint density at radius 1 is 1.00 bits per heavy atom. The number of halogens is 3. The van der Waals surface area contributed by atoms with Crippen LogP contribution in [0.15, 0.2) is 54.1 Å². The van der Waals surface area contributed by atoms with Gasteiger partial charge in [-0.3, -0.25) is 4.79 Å². The summed E-state index contributed by atoms with van der Waals surface area (Å²) >= 11 is 18.7. The van der Waals surface area contributed by atoms with Crippen molar-refractivity contribution in [3.05, 3.63) is 91.4 Å². The molecule has 0 saturated carbocycles. The molecule has 180 valence electrons. The maximum atomic E-state index is 12.7. The SMILES string of the molecule is CCOc1cc(/C=C(\C#N)C(=O)Nc2ccc(C)c(C)c2)cc(Cl)c1OCc1ccc(Cl)cc1Cl. The maximum absolute atomic E-state index is 12.7. The summed E-state index contributed by atoms with van der Waals surface area (Å²) < 4.78 is 11.6. The highest BCUT2D eigenvalue weighted by molar-refractivity contribution is 6.35. The molecule has 0 aliphatic rings. The van der Waals surface area contributed by atoms with Gasteiger partial charge >= 0.3 is 0 Å². The summed E-state index contributed by atoms with van der Waals surface area (Å²) in [7, 11) is 0. The third-order valence-electron chi connectivity index (χ3n) is 5.16. The lowest BCUT2D eigenvalue weighted by Crippen LogP contribution is -2.13. The lowest BCUT2D eigenvalue weighted by molar-refractivity contribution is -0.112. The number of amides is 1. The monoisotopic (exact) mass is 528 g/mol.